The van der Waals surface area contributed by atoms with Crippen molar-refractivity contribution in [3.8, 4) is 5.75 Å². The molecule has 0 saturated heterocycles. The summed E-state index contributed by atoms with van der Waals surface area (Å²) in [5.41, 5.74) is -0.340. The van der Waals surface area contributed by atoms with Crippen molar-refractivity contribution in [2.24, 2.45) is 0 Å². The number of carbonyl (C=O) groups is 2. The predicted octanol–water partition coefficient (Wildman–Crippen LogP) is 2.22. The molecular weight excluding hydrogens is 336 g/mol. The summed E-state index contributed by atoms with van der Waals surface area (Å²) in [5.74, 6) is -7.03. The Morgan fingerprint density at radius 2 is 2.13 bits per heavy atom. The molecule has 0 saturated carbocycles. The van der Waals surface area contributed by atoms with Gasteiger partial charge in [0.15, 0.2) is 0 Å². The van der Waals surface area contributed by atoms with Gasteiger partial charge >= 0.3 is 13.1 Å². The van der Waals surface area contributed by atoms with Gasteiger partial charge < -0.3 is 14.8 Å². The molecule has 1 aliphatic rings. The number of thioether (sulfide) groups is 1. The van der Waals surface area contributed by atoms with E-state index in [2.05, 4.69) is 0 Å². The van der Waals surface area contributed by atoms with Gasteiger partial charge in [0.1, 0.15) is 22.9 Å². The molecule has 0 spiro atoms. The number of ketones is 1. The second-order valence-electron chi connectivity index (χ2n) is 5.00. The number of rotatable bonds is 6. The lowest BCUT2D eigenvalue weighted by Gasteiger charge is -2.28. The minimum Gasteiger partial charge on any atom is -0.535 e. The monoisotopic (exact) mass is 348 g/mol. The van der Waals surface area contributed by atoms with Gasteiger partial charge in [0.2, 0.25) is 0 Å². The van der Waals surface area contributed by atoms with Crippen LogP contribution in [0.15, 0.2) is 12.1 Å². The Kier molecular flexibility index (Phi) is 5.58. The fraction of sp³-hybridized carbons (Fsp3) is 0.385. The summed E-state index contributed by atoms with van der Waals surface area (Å²) < 4.78 is 42.7. The average Bonchev–Trinajstić information content (AvgIpc) is 2.45. The first-order valence-electron chi connectivity index (χ1n) is 6.60. The highest BCUT2D eigenvalue weighted by atomic mass is 32.2. The zero-order valence-electron chi connectivity index (χ0n) is 11.7. The number of halogens is 3. The van der Waals surface area contributed by atoms with Crippen molar-refractivity contribution in [2.75, 3.05) is 5.75 Å². The molecule has 1 aliphatic heterocycles. The molecule has 0 aromatic heterocycles. The van der Waals surface area contributed by atoms with Crippen molar-refractivity contribution >= 4 is 30.6 Å². The van der Waals surface area contributed by atoms with E-state index in [0.29, 0.717) is 5.56 Å². The average molecular weight is 348 g/mol. The van der Waals surface area contributed by atoms with Crippen molar-refractivity contribution in [1.82, 2.24) is 0 Å². The van der Waals surface area contributed by atoms with Crippen molar-refractivity contribution < 1.29 is 37.5 Å². The SMILES string of the molecule is O=C(CSC(F)F)C[C@H]1Cc2ccc(F)c(C(=O)O)c2OB1O. The minimum atomic E-state index is -2.66. The van der Waals surface area contributed by atoms with E-state index in [0.717, 1.165) is 6.07 Å². The summed E-state index contributed by atoms with van der Waals surface area (Å²) in [6, 6.07) is 2.28. The summed E-state index contributed by atoms with van der Waals surface area (Å²) in [4.78, 5) is 22.7. The van der Waals surface area contributed by atoms with Crippen molar-refractivity contribution in [2.45, 2.75) is 24.4 Å². The highest BCUT2D eigenvalue weighted by Crippen LogP contribution is 2.37. The Morgan fingerprint density at radius 1 is 1.43 bits per heavy atom. The molecule has 23 heavy (non-hydrogen) atoms. The summed E-state index contributed by atoms with van der Waals surface area (Å²) in [7, 11) is -1.51. The highest BCUT2D eigenvalue weighted by Gasteiger charge is 2.38. The topological polar surface area (TPSA) is 83.8 Å². The standard InChI is InChI=1S/C13H12BF3O5S/c15-9-2-1-6-3-7(4-8(18)5-23-13(16)17)14(21)22-11(6)10(9)12(19)20/h1-2,7,13,21H,3-5H2,(H,19,20)/t7-/m1/s1. The lowest BCUT2D eigenvalue weighted by molar-refractivity contribution is -0.116. The molecule has 124 valence electrons. The number of carboxylic acid groups (broad SMARTS) is 1. The largest absolute Gasteiger partial charge is 0.535 e. The zero-order valence-corrected chi connectivity index (χ0v) is 12.5. The second kappa shape index (κ2) is 7.26. The summed E-state index contributed by atoms with van der Waals surface area (Å²) >= 11 is 0.190. The van der Waals surface area contributed by atoms with E-state index in [4.69, 9.17) is 9.76 Å². The van der Waals surface area contributed by atoms with Gasteiger partial charge in [-0.1, -0.05) is 17.8 Å². The number of carbonyl (C=O) groups excluding carboxylic acids is 1. The van der Waals surface area contributed by atoms with Crippen LogP contribution in [0.1, 0.15) is 22.3 Å². The number of hydrogen-bond donors (Lipinski definition) is 2. The third-order valence-corrected chi connectivity index (χ3v) is 4.13. The van der Waals surface area contributed by atoms with Crippen LogP contribution in [0.3, 0.4) is 0 Å². The maximum Gasteiger partial charge on any atom is 0.526 e. The molecule has 2 rings (SSSR count). The quantitative estimate of drug-likeness (QED) is 0.767. The van der Waals surface area contributed by atoms with Crippen LogP contribution in [0.4, 0.5) is 13.2 Å². The number of carboxylic acids is 1. The van der Waals surface area contributed by atoms with Gasteiger partial charge in [-0.25, -0.2) is 9.18 Å². The predicted molar refractivity (Wildman–Crippen MR) is 77.5 cm³/mol. The Morgan fingerprint density at radius 3 is 2.74 bits per heavy atom. The number of fused-ring (bicyclic) bond motifs is 1. The Bertz CT molecular complexity index is 628. The number of Topliss-reactive ketones (excluding diaryl/α,β-unsaturated/α-hetero) is 1. The molecule has 5 nitrogen and oxygen atoms in total. The molecule has 1 atom stereocenters. The first-order chi connectivity index (χ1) is 10.8. The molecule has 1 heterocycles. The molecule has 1 aromatic rings. The van der Waals surface area contributed by atoms with E-state index in [1.165, 1.54) is 6.07 Å². The molecule has 2 N–H and O–H groups in total. The van der Waals surface area contributed by atoms with E-state index in [-0.39, 0.29) is 30.4 Å². The molecule has 10 heteroatoms. The number of benzene rings is 1. The Balaban J connectivity index is 2.14. The van der Waals surface area contributed by atoms with Gasteiger partial charge in [0.25, 0.3) is 5.76 Å². The number of aromatic carboxylic acids is 1. The first-order valence-corrected chi connectivity index (χ1v) is 7.65. The van der Waals surface area contributed by atoms with Crippen LogP contribution in [0, 0.1) is 5.82 Å². The van der Waals surface area contributed by atoms with Crippen LogP contribution in [0.25, 0.3) is 0 Å². The molecule has 0 bridgehead atoms. The summed E-state index contributed by atoms with van der Waals surface area (Å²) in [6.07, 6.45) is -0.109. The van der Waals surface area contributed by atoms with Gasteiger partial charge in [0.05, 0.1) is 5.75 Å². The number of alkyl halides is 2. The van der Waals surface area contributed by atoms with Gasteiger partial charge in [-0.05, 0) is 18.1 Å². The molecular formula is C13H12BF3O5S. The van der Waals surface area contributed by atoms with E-state index in [9.17, 15) is 27.8 Å². The zero-order chi connectivity index (χ0) is 17.1. The van der Waals surface area contributed by atoms with Gasteiger partial charge in [-0.15, -0.1) is 0 Å². The lowest BCUT2D eigenvalue weighted by atomic mass is 9.64. The third-order valence-electron chi connectivity index (χ3n) is 3.39. The van der Waals surface area contributed by atoms with E-state index in [1.807, 2.05) is 0 Å². The fourth-order valence-electron chi connectivity index (χ4n) is 2.38. The van der Waals surface area contributed by atoms with Crippen molar-refractivity contribution in [3.05, 3.63) is 29.1 Å². The number of hydrogen-bond acceptors (Lipinski definition) is 5. The molecule has 1 aromatic carbocycles. The van der Waals surface area contributed by atoms with Crippen LogP contribution in [0.5, 0.6) is 5.75 Å². The molecule has 0 unspecified atom stereocenters. The van der Waals surface area contributed by atoms with Gasteiger partial charge in [-0.2, -0.15) is 8.78 Å². The molecule has 0 fully saturated rings. The van der Waals surface area contributed by atoms with Gasteiger partial charge in [-0.3, -0.25) is 4.79 Å². The van der Waals surface area contributed by atoms with Crippen LogP contribution in [-0.2, 0) is 11.2 Å². The normalized spacial score (nSPS) is 16.9. The maximum absolute atomic E-state index is 13.6. The van der Waals surface area contributed by atoms with Crippen LogP contribution >= 0.6 is 11.8 Å². The van der Waals surface area contributed by atoms with Crippen LogP contribution < -0.4 is 4.65 Å². The minimum absolute atomic E-state index is 0.0855. The summed E-state index contributed by atoms with van der Waals surface area (Å²) in [6.45, 7) is 0. The van der Waals surface area contributed by atoms with Gasteiger partial charge in [0, 0.05) is 12.2 Å². The van der Waals surface area contributed by atoms with E-state index in [1.54, 1.807) is 0 Å². The molecule has 0 aliphatic carbocycles. The first kappa shape index (κ1) is 17.7. The fourth-order valence-corrected chi connectivity index (χ4v) is 2.81. The van der Waals surface area contributed by atoms with E-state index >= 15 is 0 Å². The Labute approximate surface area is 134 Å². The summed E-state index contributed by atoms with van der Waals surface area (Å²) in [5, 5.41) is 18.9. The van der Waals surface area contributed by atoms with Crippen molar-refractivity contribution in [3.63, 3.8) is 0 Å². The van der Waals surface area contributed by atoms with Crippen molar-refractivity contribution in [1.29, 1.82) is 0 Å². The third kappa shape index (κ3) is 4.20. The van der Waals surface area contributed by atoms with E-state index < -0.39 is 47.6 Å². The smallest absolute Gasteiger partial charge is 0.526 e. The Hall–Kier alpha value is -1.68. The lowest BCUT2D eigenvalue weighted by Crippen LogP contribution is -2.36. The maximum atomic E-state index is 13.6. The molecule has 0 radical (unpaired) electrons. The van der Waals surface area contributed by atoms with Crippen LogP contribution in [0.2, 0.25) is 5.82 Å². The van der Waals surface area contributed by atoms with Crippen LogP contribution in [-0.4, -0.2) is 40.5 Å². The second-order valence-corrected chi connectivity index (χ2v) is 5.98. The highest BCUT2D eigenvalue weighted by molar-refractivity contribution is 8.00. The molecule has 0 amide bonds.